The first-order valence-corrected chi connectivity index (χ1v) is 5.30. The summed E-state index contributed by atoms with van der Waals surface area (Å²) < 4.78 is 9.01. The van der Waals surface area contributed by atoms with Crippen molar-refractivity contribution in [2.45, 2.75) is 6.10 Å². The molecule has 0 bridgehead atoms. The van der Waals surface area contributed by atoms with Crippen LogP contribution in [0.3, 0.4) is 0 Å². The lowest BCUT2D eigenvalue weighted by Gasteiger charge is -2.16. The molecule has 8 heteroatoms. The van der Waals surface area contributed by atoms with Crippen LogP contribution in [0.2, 0.25) is 0 Å². The zero-order valence-corrected chi connectivity index (χ0v) is 10.0. The van der Waals surface area contributed by atoms with Crippen LogP contribution < -0.4 is 0 Å². The minimum Gasteiger partial charge on any atom is -0.473 e. The molecule has 106 valence electrons. The number of hydrogen-bond acceptors (Lipinski definition) is 6. The maximum Gasteiger partial charge on any atom is 0.418 e. The van der Waals surface area contributed by atoms with Gasteiger partial charge in [-0.2, -0.15) is 0 Å². The van der Waals surface area contributed by atoms with Crippen LogP contribution in [0.1, 0.15) is 11.7 Å². The number of rotatable bonds is 4. The summed E-state index contributed by atoms with van der Waals surface area (Å²) in [5.74, 6) is -6.68. The molecule has 0 saturated carbocycles. The summed E-state index contributed by atoms with van der Waals surface area (Å²) in [6.45, 7) is -0.603. The highest BCUT2D eigenvalue weighted by atomic mass is 16.6. The molecular weight excluding hydrogens is 272 g/mol. The molecular formula is C12H10O8. The summed E-state index contributed by atoms with van der Waals surface area (Å²) in [6, 6.07) is 7.87. The number of ether oxygens (including phenoxy) is 2. The molecule has 1 rings (SSSR count). The van der Waals surface area contributed by atoms with Crippen LogP contribution in [0.4, 0.5) is 0 Å². The lowest BCUT2D eigenvalue weighted by Crippen LogP contribution is -2.25. The summed E-state index contributed by atoms with van der Waals surface area (Å²) in [5, 5.41) is 16.8. The number of aliphatic carboxylic acids is 2. The van der Waals surface area contributed by atoms with Gasteiger partial charge in [0.05, 0.1) is 0 Å². The smallest absolute Gasteiger partial charge is 0.418 e. The van der Waals surface area contributed by atoms with E-state index >= 15 is 0 Å². The summed E-state index contributed by atoms with van der Waals surface area (Å²) in [7, 11) is 0. The second kappa shape index (κ2) is 6.88. The predicted octanol–water partition coefficient (Wildman–Crippen LogP) is -0.0167. The third-order valence-corrected chi connectivity index (χ3v) is 2.14. The van der Waals surface area contributed by atoms with E-state index in [4.69, 9.17) is 10.2 Å². The largest absolute Gasteiger partial charge is 0.473 e. The maximum absolute atomic E-state index is 11.0. The van der Waals surface area contributed by atoms with Gasteiger partial charge in [0.25, 0.3) is 0 Å². The first kappa shape index (κ1) is 15.2. The zero-order chi connectivity index (χ0) is 15.1. The van der Waals surface area contributed by atoms with Crippen molar-refractivity contribution >= 4 is 23.9 Å². The third kappa shape index (κ3) is 4.41. The second-order valence-corrected chi connectivity index (χ2v) is 3.51. The molecule has 0 radical (unpaired) electrons. The number of esters is 2. The molecule has 1 unspecified atom stereocenters. The van der Waals surface area contributed by atoms with Crippen LogP contribution in [0.15, 0.2) is 30.3 Å². The minimum atomic E-state index is -1.81. The molecule has 8 nitrogen and oxygen atoms in total. The van der Waals surface area contributed by atoms with Crippen molar-refractivity contribution in [2.75, 3.05) is 6.61 Å². The van der Waals surface area contributed by atoms with E-state index in [1.54, 1.807) is 18.2 Å². The molecule has 0 fully saturated rings. The molecule has 2 N–H and O–H groups in total. The molecule has 1 atom stereocenters. The Morgan fingerprint density at radius 3 is 2.00 bits per heavy atom. The lowest BCUT2D eigenvalue weighted by atomic mass is 10.1. The number of hydrogen-bond donors (Lipinski definition) is 2. The van der Waals surface area contributed by atoms with Crippen LogP contribution in [0.5, 0.6) is 0 Å². The van der Waals surface area contributed by atoms with E-state index in [-0.39, 0.29) is 0 Å². The average Bonchev–Trinajstić information content (AvgIpc) is 2.43. The molecule has 0 aliphatic heterocycles. The highest BCUT2D eigenvalue weighted by Gasteiger charge is 2.24. The molecule has 0 amide bonds. The highest BCUT2D eigenvalue weighted by molar-refractivity contribution is 6.29. The van der Waals surface area contributed by atoms with E-state index in [1.807, 2.05) is 0 Å². The van der Waals surface area contributed by atoms with Gasteiger partial charge in [0.2, 0.25) is 0 Å². The van der Waals surface area contributed by atoms with E-state index in [2.05, 4.69) is 9.47 Å². The van der Waals surface area contributed by atoms with E-state index in [0.717, 1.165) is 0 Å². The number of carbonyl (C=O) groups excluding carboxylic acids is 2. The van der Waals surface area contributed by atoms with Gasteiger partial charge in [-0.1, -0.05) is 30.3 Å². The first-order chi connectivity index (χ1) is 9.41. The van der Waals surface area contributed by atoms with Crippen molar-refractivity contribution < 1.29 is 38.9 Å². The van der Waals surface area contributed by atoms with Crippen molar-refractivity contribution in [3.63, 3.8) is 0 Å². The van der Waals surface area contributed by atoms with Gasteiger partial charge in [0, 0.05) is 0 Å². The Labute approximate surface area is 112 Å². The molecule has 0 aliphatic carbocycles. The van der Waals surface area contributed by atoms with Gasteiger partial charge >= 0.3 is 23.9 Å². The molecule has 1 aromatic rings. The SMILES string of the molecule is O=C(O)C(=O)OCC(OC(=O)C(=O)O)c1ccccc1. The maximum atomic E-state index is 11.0. The molecule has 20 heavy (non-hydrogen) atoms. The summed E-state index contributed by atoms with van der Waals surface area (Å²) >= 11 is 0. The topological polar surface area (TPSA) is 127 Å². The van der Waals surface area contributed by atoms with Crippen molar-refractivity contribution in [1.29, 1.82) is 0 Å². The van der Waals surface area contributed by atoms with Crippen LogP contribution in [-0.2, 0) is 28.7 Å². The van der Waals surface area contributed by atoms with Gasteiger partial charge in [-0.15, -0.1) is 0 Å². The molecule has 0 heterocycles. The summed E-state index contributed by atoms with van der Waals surface area (Å²) in [6.07, 6.45) is -1.21. The van der Waals surface area contributed by atoms with Gasteiger partial charge < -0.3 is 19.7 Å². The van der Waals surface area contributed by atoms with Gasteiger partial charge in [0.1, 0.15) is 6.61 Å². The second-order valence-electron chi connectivity index (χ2n) is 3.51. The molecule has 0 aliphatic rings. The van der Waals surface area contributed by atoms with Crippen molar-refractivity contribution in [2.24, 2.45) is 0 Å². The van der Waals surface area contributed by atoms with Crippen LogP contribution in [-0.4, -0.2) is 40.7 Å². The van der Waals surface area contributed by atoms with Crippen molar-refractivity contribution in [3.8, 4) is 0 Å². The van der Waals surface area contributed by atoms with E-state index in [9.17, 15) is 19.2 Å². The van der Waals surface area contributed by atoms with Gasteiger partial charge in [-0.3, -0.25) is 0 Å². The Morgan fingerprint density at radius 1 is 0.950 bits per heavy atom. The van der Waals surface area contributed by atoms with E-state index in [0.29, 0.717) is 5.56 Å². The number of carbonyl (C=O) groups is 4. The van der Waals surface area contributed by atoms with Crippen LogP contribution in [0.25, 0.3) is 0 Å². The fourth-order valence-corrected chi connectivity index (χ4v) is 1.26. The van der Waals surface area contributed by atoms with E-state index < -0.39 is 36.6 Å². The molecule has 1 aromatic carbocycles. The number of carboxylic acid groups (broad SMARTS) is 2. The first-order valence-electron chi connectivity index (χ1n) is 5.30. The quantitative estimate of drug-likeness (QED) is 0.582. The van der Waals surface area contributed by atoms with Crippen LogP contribution >= 0.6 is 0 Å². The van der Waals surface area contributed by atoms with Gasteiger partial charge in [-0.05, 0) is 5.56 Å². The molecule has 0 spiro atoms. The Morgan fingerprint density at radius 2 is 1.50 bits per heavy atom. The number of carboxylic acids is 2. The average molecular weight is 282 g/mol. The zero-order valence-electron chi connectivity index (χ0n) is 10.0. The Balaban J connectivity index is 2.80. The summed E-state index contributed by atoms with van der Waals surface area (Å²) in [5.41, 5.74) is 0.361. The fourth-order valence-electron chi connectivity index (χ4n) is 1.26. The molecule has 0 saturated heterocycles. The summed E-state index contributed by atoms with van der Waals surface area (Å²) in [4.78, 5) is 42.6. The van der Waals surface area contributed by atoms with Crippen LogP contribution in [0, 0.1) is 0 Å². The number of benzene rings is 1. The van der Waals surface area contributed by atoms with Crippen molar-refractivity contribution in [3.05, 3.63) is 35.9 Å². The predicted molar refractivity (Wildman–Crippen MR) is 61.5 cm³/mol. The van der Waals surface area contributed by atoms with E-state index in [1.165, 1.54) is 12.1 Å². The molecule has 0 aromatic heterocycles. The highest BCUT2D eigenvalue weighted by Crippen LogP contribution is 2.18. The Kier molecular flexibility index (Phi) is 5.21. The monoisotopic (exact) mass is 282 g/mol. The lowest BCUT2D eigenvalue weighted by molar-refractivity contribution is -0.174. The Bertz CT molecular complexity index is 522. The Hall–Kier alpha value is -2.90. The van der Waals surface area contributed by atoms with Gasteiger partial charge in [0.15, 0.2) is 6.10 Å². The standard InChI is InChI=1S/C12H10O8/c13-9(14)11(17)19-6-8(20-12(18)10(15)16)7-4-2-1-3-5-7/h1-5,8H,6H2,(H,13,14)(H,15,16). The fraction of sp³-hybridized carbons (Fsp3) is 0.167. The minimum absolute atomic E-state index is 0.361. The van der Waals surface area contributed by atoms with Crippen molar-refractivity contribution in [1.82, 2.24) is 0 Å². The third-order valence-electron chi connectivity index (χ3n) is 2.14. The van der Waals surface area contributed by atoms with Gasteiger partial charge in [-0.25, -0.2) is 19.2 Å². The normalized spacial score (nSPS) is 11.2.